The van der Waals surface area contributed by atoms with Crippen LogP contribution in [0.15, 0.2) is 30.2 Å². The quantitative estimate of drug-likeness (QED) is 0.731. The molecule has 1 aromatic heterocycles. The Morgan fingerprint density at radius 2 is 2.67 bits per heavy atom. The molecule has 1 heterocycles. The van der Waals surface area contributed by atoms with E-state index in [9.17, 15) is 4.79 Å². The Morgan fingerprint density at radius 1 is 1.83 bits per heavy atom. The molecule has 0 saturated heterocycles. The summed E-state index contributed by atoms with van der Waals surface area (Å²) in [6.45, 7) is 3.66. The lowest BCUT2D eigenvalue weighted by molar-refractivity contribution is 0.174. The number of anilines is 1. The second-order valence-electron chi connectivity index (χ2n) is 1.99. The number of thiophene rings is 1. The van der Waals surface area contributed by atoms with Crippen LogP contribution in [-0.2, 0) is 4.74 Å². The number of rotatable bonds is 3. The number of hydrogen-bond acceptors (Lipinski definition) is 3. The predicted octanol–water partition coefficient (Wildman–Crippen LogP) is 2.48. The Bertz CT molecular complexity index is 256. The summed E-state index contributed by atoms with van der Waals surface area (Å²) in [6.07, 6.45) is 1.07. The van der Waals surface area contributed by atoms with E-state index in [1.54, 1.807) is 6.07 Å². The molecule has 4 heteroatoms. The van der Waals surface area contributed by atoms with Crippen LogP contribution in [0.25, 0.3) is 0 Å². The fourth-order valence-electron chi connectivity index (χ4n) is 0.621. The first-order valence-electron chi connectivity index (χ1n) is 3.41. The SMILES string of the molecule is C=CCOC(=O)Nc1cccs1. The third-order valence-electron chi connectivity index (χ3n) is 1.08. The molecule has 12 heavy (non-hydrogen) atoms. The lowest BCUT2D eigenvalue weighted by atomic mass is 10.6. The van der Waals surface area contributed by atoms with Crippen molar-refractivity contribution in [1.29, 1.82) is 0 Å². The molecule has 0 saturated carbocycles. The molecule has 1 N–H and O–H groups in total. The van der Waals surface area contributed by atoms with Gasteiger partial charge in [-0.25, -0.2) is 4.79 Å². The van der Waals surface area contributed by atoms with Crippen molar-refractivity contribution in [3.8, 4) is 0 Å². The van der Waals surface area contributed by atoms with Crippen LogP contribution >= 0.6 is 11.3 Å². The standard InChI is InChI=1S/C8H9NO2S/c1-2-5-11-8(10)9-7-4-3-6-12-7/h2-4,6H,1,5H2,(H,9,10). The van der Waals surface area contributed by atoms with Gasteiger partial charge in [0, 0.05) is 0 Å². The zero-order valence-corrected chi connectivity index (χ0v) is 7.26. The molecule has 0 aliphatic carbocycles. The smallest absolute Gasteiger partial charge is 0.412 e. The lowest BCUT2D eigenvalue weighted by Gasteiger charge is -2.01. The molecule has 0 bridgehead atoms. The first-order chi connectivity index (χ1) is 5.83. The van der Waals surface area contributed by atoms with E-state index in [-0.39, 0.29) is 6.61 Å². The Labute approximate surface area is 74.7 Å². The second-order valence-corrected chi connectivity index (χ2v) is 2.94. The second kappa shape index (κ2) is 4.56. The molecule has 0 aliphatic heterocycles. The van der Waals surface area contributed by atoms with Crippen LogP contribution in [0, 0.1) is 0 Å². The summed E-state index contributed by atoms with van der Waals surface area (Å²) in [5.74, 6) is 0. The highest BCUT2D eigenvalue weighted by Crippen LogP contribution is 2.14. The number of carbonyl (C=O) groups is 1. The molecule has 3 nitrogen and oxygen atoms in total. The third-order valence-corrected chi connectivity index (χ3v) is 1.86. The van der Waals surface area contributed by atoms with E-state index < -0.39 is 6.09 Å². The summed E-state index contributed by atoms with van der Waals surface area (Å²) in [7, 11) is 0. The Kier molecular flexibility index (Phi) is 3.35. The predicted molar refractivity (Wildman–Crippen MR) is 49.5 cm³/mol. The van der Waals surface area contributed by atoms with Gasteiger partial charge in [-0.05, 0) is 17.5 Å². The van der Waals surface area contributed by atoms with Gasteiger partial charge in [-0.15, -0.1) is 11.3 Å². The van der Waals surface area contributed by atoms with E-state index in [0.717, 1.165) is 5.00 Å². The van der Waals surface area contributed by atoms with E-state index in [1.165, 1.54) is 17.4 Å². The fourth-order valence-corrected chi connectivity index (χ4v) is 1.22. The largest absolute Gasteiger partial charge is 0.445 e. The maximum atomic E-state index is 10.9. The molecule has 1 aromatic rings. The number of carbonyl (C=O) groups excluding carboxylic acids is 1. The highest BCUT2D eigenvalue weighted by Gasteiger charge is 2.00. The number of hydrogen-bond donors (Lipinski definition) is 1. The molecule has 1 amide bonds. The Hall–Kier alpha value is -1.29. The molecule has 0 spiro atoms. The highest BCUT2D eigenvalue weighted by atomic mass is 32.1. The van der Waals surface area contributed by atoms with Gasteiger partial charge in [0.25, 0.3) is 0 Å². The van der Waals surface area contributed by atoms with Crippen LogP contribution in [0.1, 0.15) is 0 Å². The number of amides is 1. The average molecular weight is 183 g/mol. The van der Waals surface area contributed by atoms with E-state index in [2.05, 4.69) is 11.9 Å². The average Bonchev–Trinajstić information content (AvgIpc) is 2.53. The molecule has 0 radical (unpaired) electrons. The minimum Gasteiger partial charge on any atom is -0.445 e. The van der Waals surface area contributed by atoms with E-state index >= 15 is 0 Å². The van der Waals surface area contributed by atoms with Gasteiger partial charge in [0.05, 0.1) is 5.00 Å². The van der Waals surface area contributed by atoms with E-state index in [4.69, 9.17) is 4.74 Å². The maximum Gasteiger partial charge on any atom is 0.412 e. The van der Waals surface area contributed by atoms with Gasteiger partial charge in [0.1, 0.15) is 6.61 Å². The zero-order chi connectivity index (χ0) is 8.81. The van der Waals surface area contributed by atoms with Gasteiger partial charge < -0.3 is 4.74 Å². The van der Waals surface area contributed by atoms with Crippen molar-refractivity contribution >= 4 is 22.4 Å². The summed E-state index contributed by atoms with van der Waals surface area (Å²) in [6, 6.07) is 3.66. The molecule has 0 atom stereocenters. The van der Waals surface area contributed by atoms with Crippen molar-refractivity contribution in [3.05, 3.63) is 30.2 Å². The molecule has 0 unspecified atom stereocenters. The summed E-state index contributed by atoms with van der Waals surface area (Å²) in [5.41, 5.74) is 0. The van der Waals surface area contributed by atoms with Gasteiger partial charge in [0.15, 0.2) is 0 Å². The van der Waals surface area contributed by atoms with Crippen LogP contribution in [0.5, 0.6) is 0 Å². The van der Waals surface area contributed by atoms with Crippen LogP contribution in [-0.4, -0.2) is 12.7 Å². The van der Waals surface area contributed by atoms with Crippen LogP contribution in [0.2, 0.25) is 0 Å². The topological polar surface area (TPSA) is 38.3 Å². The first kappa shape index (κ1) is 8.80. The number of ether oxygens (including phenoxy) is 1. The lowest BCUT2D eigenvalue weighted by Crippen LogP contribution is -2.12. The minimum atomic E-state index is -0.447. The summed E-state index contributed by atoms with van der Waals surface area (Å²) in [5, 5.41) is 5.23. The van der Waals surface area contributed by atoms with Gasteiger partial charge >= 0.3 is 6.09 Å². The van der Waals surface area contributed by atoms with Crippen molar-refractivity contribution in [3.63, 3.8) is 0 Å². The summed E-state index contributed by atoms with van der Waals surface area (Å²) >= 11 is 1.45. The van der Waals surface area contributed by atoms with Gasteiger partial charge in [-0.2, -0.15) is 0 Å². The molecule has 0 fully saturated rings. The molecular weight excluding hydrogens is 174 g/mol. The van der Waals surface area contributed by atoms with Crippen LogP contribution in [0.4, 0.5) is 9.80 Å². The van der Waals surface area contributed by atoms with Crippen molar-refractivity contribution in [2.75, 3.05) is 11.9 Å². The molecule has 1 rings (SSSR count). The fraction of sp³-hybridized carbons (Fsp3) is 0.125. The van der Waals surface area contributed by atoms with Crippen molar-refractivity contribution < 1.29 is 9.53 Å². The third kappa shape index (κ3) is 2.75. The number of nitrogens with one attached hydrogen (secondary N) is 1. The van der Waals surface area contributed by atoms with E-state index in [0.29, 0.717) is 0 Å². The molecule has 0 aromatic carbocycles. The van der Waals surface area contributed by atoms with Crippen molar-refractivity contribution in [2.45, 2.75) is 0 Å². The van der Waals surface area contributed by atoms with Gasteiger partial charge in [-0.1, -0.05) is 12.7 Å². The van der Waals surface area contributed by atoms with Crippen LogP contribution in [0.3, 0.4) is 0 Å². The normalized spacial score (nSPS) is 9.00. The monoisotopic (exact) mass is 183 g/mol. The summed E-state index contributed by atoms with van der Waals surface area (Å²) in [4.78, 5) is 10.9. The Balaban J connectivity index is 2.32. The molecule has 64 valence electrons. The minimum absolute atomic E-state index is 0.233. The maximum absolute atomic E-state index is 10.9. The molecule has 0 aliphatic rings. The highest BCUT2D eigenvalue weighted by molar-refractivity contribution is 7.14. The van der Waals surface area contributed by atoms with Crippen molar-refractivity contribution in [2.24, 2.45) is 0 Å². The molecular formula is C8H9NO2S. The van der Waals surface area contributed by atoms with Gasteiger partial charge in [-0.3, -0.25) is 5.32 Å². The van der Waals surface area contributed by atoms with E-state index in [1.807, 2.05) is 11.4 Å². The first-order valence-corrected chi connectivity index (χ1v) is 4.29. The van der Waals surface area contributed by atoms with Crippen molar-refractivity contribution in [1.82, 2.24) is 0 Å². The Morgan fingerprint density at radius 3 is 3.25 bits per heavy atom. The van der Waals surface area contributed by atoms with Crippen LogP contribution < -0.4 is 5.32 Å². The zero-order valence-electron chi connectivity index (χ0n) is 6.45. The van der Waals surface area contributed by atoms with Gasteiger partial charge in [0.2, 0.25) is 0 Å². The summed E-state index contributed by atoms with van der Waals surface area (Å²) < 4.78 is 4.70.